The first-order valence-corrected chi connectivity index (χ1v) is 7.75. The van der Waals surface area contributed by atoms with Gasteiger partial charge in [0, 0.05) is 0 Å². The van der Waals surface area contributed by atoms with E-state index in [9.17, 15) is 0 Å². The summed E-state index contributed by atoms with van der Waals surface area (Å²) in [6.45, 7) is 0. The van der Waals surface area contributed by atoms with E-state index in [0.29, 0.717) is 0 Å². The maximum atomic E-state index is 1.76. The van der Waals surface area contributed by atoms with Gasteiger partial charge in [0.15, 0.2) is 0 Å². The molecule has 1 heterocycles. The number of hydrogen-bond acceptors (Lipinski definition) is 0. The van der Waals surface area contributed by atoms with Gasteiger partial charge >= 0.3 is 46.9 Å². The summed E-state index contributed by atoms with van der Waals surface area (Å²) in [7, 11) is 0. The molecule has 0 unspecified atom stereocenters. The van der Waals surface area contributed by atoms with Crippen LogP contribution >= 0.6 is 0 Å². The van der Waals surface area contributed by atoms with Crippen molar-refractivity contribution >= 4 is 41.8 Å². The second-order valence-corrected chi connectivity index (χ2v) is 13.3. The summed E-state index contributed by atoms with van der Waals surface area (Å²) in [6.07, 6.45) is 0. The second-order valence-electron chi connectivity index (χ2n) is 0.644. The van der Waals surface area contributed by atoms with Crippen LogP contribution in [0.1, 0.15) is 0 Å². The van der Waals surface area contributed by atoms with Gasteiger partial charge in [-0.3, -0.25) is 0 Å². The van der Waals surface area contributed by atoms with Crippen molar-refractivity contribution in [3.8, 4) is 0 Å². The quantitative estimate of drug-likeness (QED) is 0.556. The van der Waals surface area contributed by atoms with E-state index in [1.165, 1.54) is 0 Å². The molecular formula is C2H4Te2. The molecule has 0 nitrogen and oxygen atoms in total. The molecule has 0 aromatic rings. The van der Waals surface area contributed by atoms with Gasteiger partial charge in [-0.1, -0.05) is 0 Å². The molecular weight excluding hydrogens is 279 g/mol. The summed E-state index contributed by atoms with van der Waals surface area (Å²) in [5.41, 5.74) is 0. The minimum atomic E-state index is 0.720. The van der Waals surface area contributed by atoms with E-state index in [-0.39, 0.29) is 0 Å². The Bertz CT molecular complexity index is 12.0. The van der Waals surface area contributed by atoms with Crippen molar-refractivity contribution in [1.82, 2.24) is 0 Å². The fourth-order valence-electron chi connectivity index (χ4n) is 0.0833. The molecule has 1 saturated heterocycles. The first kappa shape index (κ1) is 3.76. The summed E-state index contributed by atoms with van der Waals surface area (Å²) in [5, 5.41) is 0. The monoisotopic (exact) mass is 288 g/mol. The van der Waals surface area contributed by atoms with Crippen LogP contribution in [-0.4, -0.2) is 41.8 Å². The second kappa shape index (κ2) is 1.88. The topological polar surface area (TPSA) is 0 Å². The molecule has 0 radical (unpaired) electrons. The van der Waals surface area contributed by atoms with Crippen LogP contribution < -0.4 is 0 Å². The molecule has 1 rings (SSSR count). The molecule has 2 heteroatoms. The van der Waals surface area contributed by atoms with Crippen molar-refractivity contribution in [3.63, 3.8) is 0 Å². The Balaban J connectivity index is 2.00. The zero-order valence-corrected chi connectivity index (χ0v) is 6.89. The Labute approximate surface area is 46.5 Å². The Kier molecular flexibility index (Phi) is 1.77. The van der Waals surface area contributed by atoms with Gasteiger partial charge in [0.25, 0.3) is 0 Å². The summed E-state index contributed by atoms with van der Waals surface area (Å²) >= 11 is 1.44. The van der Waals surface area contributed by atoms with E-state index < -0.39 is 0 Å². The van der Waals surface area contributed by atoms with Crippen molar-refractivity contribution < 1.29 is 0 Å². The molecule has 0 saturated carbocycles. The van der Waals surface area contributed by atoms with Crippen molar-refractivity contribution in [2.45, 2.75) is 5.03 Å². The molecule has 1 aliphatic heterocycles. The van der Waals surface area contributed by atoms with Crippen molar-refractivity contribution in [1.29, 1.82) is 0 Å². The Morgan fingerprint density at radius 2 is 1.25 bits per heavy atom. The van der Waals surface area contributed by atoms with Gasteiger partial charge in [-0.15, -0.1) is 0 Å². The summed E-state index contributed by atoms with van der Waals surface area (Å²) in [5.74, 6) is 0. The number of hydrogen-bond donors (Lipinski definition) is 0. The molecule has 0 spiro atoms. The number of rotatable bonds is 0. The van der Waals surface area contributed by atoms with E-state index in [1.54, 1.807) is 5.03 Å². The molecule has 0 bridgehead atoms. The van der Waals surface area contributed by atoms with Crippen LogP contribution in [0, 0.1) is 0 Å². The third-order valence-corrected chi connectivity index (χ3v) is 15.0. The molecule has 0 aliphatic carbocycles. The van der Waals surface area contributed by atoms with Crippen LogP contribution in [0.4, 0.5) is 0 Å². The van der Waals surface area contributed by atoms with Crippen LogP contribution in [0.2, 0.25) is 5.03 Å². The molecule has 0 N–H and O–H groups in total. The fraction of sp³-hybridized carbons (Fsp3) is 1.00. The van der Waals surface area contributed by atoms with Gasteiger partial charge in [-0.25, -0.2) is 0 Å². The zero-order chi connectivity index (χ0) is 2.83. The Morgan fingerprint density at radius 3 is 1.25 bits per heavy atom. The van der Waals surface area contributed by atoms with Gasteiger partial charge < -0.3 is 0 Å². The predicted molar refractivity (Wildman–Crippen MR) is 21.1 cm³/mol. The maximum absolute atomic E-state index is 1.76. The van der Waals surface area contributed by atoms with Crippen molar-refractivity contribution in [3.05, 3.63) is 0 Å². The van der Waals surface area contributed by atoms with Gasteiger partial charge in [-0.2, -0.15) is 0 Å². The van der Waals surface area contributed by atoms with Crippen LogP contribution in [0.3, 0.4) is 0 Å². The third-order valence-electron chi connectivity index (χ3n) is 0.333. The molecule has 0 aromatic heterocycles. The van der Waals surface area contributed by atoms with E-state index in [2.05, 4.69) is 0 Å². The van der Waals surface area contributed by atoms with Crippen molar-refractivity contribution in [2.75, 3.05) is 0 Å². The normalized spacial score (nSPS) is 24.0. The predicted octanol–water partition coefficient (Wildman–Crippen LogP) is 0.160. The average molecular weight is 283 g/mol. The molecule has 4 heavy (non-hydrogen) atoms. The molecule has 1 aliphatic rings. The van der Waals surface area contributed by atoms with E-state index in [0.717, 1.165) is 41.8 Å². The Hall–Kier alpha value is 1.58. The first-order valence-electron chi connectivity index (χ1n) is 1.15. The van der Waals surface area contributed by atoms with E-state index >= 15 is 0 Å². The molecule has 24 valence electrons. The Morgan fingerprint density at radius 1 is 1.00 bits per heavy atom. The van der Waals surface area contributed by atoms with Crippen LogP contribution in [0.25, 0.3) is 0 Å². The third kappa shape index (κ3) is 0.765. The van der Waals surface area contributed by atoms with Gasteiger partial charge in [0.05, 0.1) is 0 Å². The van der Waals surface area contributed by atoms with Gasteiger partial charge in [0.2, 0.25) is 0 Å². The standard InChI is InChI=1S/C2H4Te2/c1-3-2-4-1/h1-2H2. The van der Waals surface area contributed by atoms with E-state index in [4.69, 9.17) is 0 Å². The zero-order valence-electron chi connectivity index (χ0n) is 2.23. The average Bonchev–Trinajstić information content (AvgIpc) is 0.722. The van der Waals surface area contributed by atoms with E-state index in [1.807, 2.05) is 0 Å². The van der Waals surface area contributed by atoms with Crippen molar-refractivity contribution in [2.24, 2.45) is 0 Å². The van der Waals surface area contributed by atoms with Crippen LogP contribution in [-0.2, 0) is 0 Å². The van der Waals surface area contributed by atoms with Crippen LogP contribution in [0.15, 0.2) is 0 Å². The SMILES string of the molecule is C1[Te]C[Te]1. The first-order chi connectivity index (χ1) is 2.00. The fourth-order valence-corrected chi connectivity index (χ4v) is 3.75. The van der Waals surface area contributed by atoms with Crippen LogP contribution in [0.5, 0.6) is 0 Å². The minimum absolute atomic E-state index is 0.720. The molecule has 1 fully saturated rings. The van der Waals surface area contributed by atoms with Gasteiger partial charge in [-0.05, 0) is 0 Å². The summed E-state index contributed by atoms with van der Waals surface area (Å²) < 4.78 is 3.52. The molecule has 0 aromatic carbocycles. The van der Waals surface area contributed by atoms with Gasteiger partial charge in [0.1, 0.15) is 0 Å². The summed E-state index contributed by atoms with van der Waals surface area (Å²) in [4.78, 5) is 0. The summed E-state index contributed by atoms with van der Waals surface area (Å²) in [6, 6.07) is 0. The molecule has 0 atom stereocenters. The molecule has 0 amide bonds.